The quantitative estimate of drug-likeness (QED) is 0.832. The summed E-state index contributed by atoms with van der Waals surface area (Å²) >= 11 is 0. The molecule has 1 fully saturated rings. The van der Waals surface area contributed by atoms with Gasteiger partial charge in [0.1, 0.15) is 0 Å². The first-order valence-electron chi connectivity index (χ1n) is 7.61. The summed E-state index contributed by atoms with van der Waals surface area (Å²) in [6, 6.07) is 1.60. The third kappa shape index (κ3) is 3.41. The van der Waals surface area contributed by atoms with Gasteiger partial charge in [0.25, 0.3) is 11.5 Å². The van der Waals surface area contributed by atoms with Crippen molar-refractivity contribution < 1.29 is 4.79 Å². The van der Waals surface area contributed by atoms with E-state index in [0.717, 1.165) is 30.9 Å². The lowest BCUT2D eigenvalue weighted by Gasteiger charge is -2.18. The van der Waals surface area contributed by atoms with Crippen LogP contribution in [0.2, 0.25) is 0 Å². The van der Waals surface area contributed by atoms with E-state index in [1.807, 2.05) is 6.92 Å². The number of H-pyrrole nitrogens is 1. The minimum atomic E-state index is -0.188. The van der Waals surface area contributed by atoms with E-state index in [0.29, 0.717) is 18.3 Å². The molecule has 0 saturated carbocycles. The molecule has 8 heteroatoms. The highest BCUT2D eigenvalue weighted by molar-refractivity contribution is 5.90. The number of hydrogen-bond donors (Lipinski definition) is 2. The fourth-order valence-corrected chi connectivity index (χ4v) is 2.72. The molecule has 1 unspecified atom stereocenters. The standard InChI is InChI=1S/C15H20N6O2/c1-10-6-16-14(19-10)15(23)17-7-11-3-4-21(9-11)12-5-13(22)20(2)18-8-12/h5-6,8,11H,3-4,7,9H2,1-2H3,(H,16,19)(H,17,23). The highest BCUT2D eigenvalue weighted by atomic mass is 16.2. The first-order chi connectivity index (χ1) is 11.0. The van der Waals surface area contributed by atoms with E-state index in [1.54, 1.807) is 25.5 Å². The lowest BCUT2D eigenvalue weighted by molar-refractivity contribution is 0.0938. The van der Waals surface area contributed by atoms with Crippen molar-refractivity contribution in [1.29, 1.82) is 0 Å². The van der Waals surface area contributed by atoms with Crippen LogP contribution in [0.4, 0.5) is 5.69 Å². The Bertz CT molecular complexity index is 765. The first kappa shape index (κ1) is 15.3. The number of hydrogen-bond acceptors (Lipinski definition) is 5. The number of anilines is 1. The molecule has 3 rings (SSSR count). The molecule has 2 N–H and O–H groups in total. The molecule has 23 heavy (non-hydrogen) atoms. The largest absolute Gasteiger partial charge is 0.370 e. The van der Waals surface area contributed by atoms with Crippen molar-refractivity contribution in [3.8, 4) is 0 Å². The molecular formula is C15H20N6O2. The number of carbonyl (C=O) groups excluding carboxylic acids is 1. The number of amides is 1. The molecule has 8 nitrogen and oxygen atoms in total. The van der Waals surface area contributed by atoms with Gasteiger partial charge in [-0.25, -0.2) is 9.67 Å². The minimum Gasteiger partial charge on any atom is -0.370 e. The number of rotatable bonds is 4. The van der Waals surface area contributed by atoms with Crippen LogP contribution in [0.15, 0.2) is 23.3 Å². The smallest absolute Gasteiger partial charge is 0.287 e. The third-order valence-corrected chi connectivity index (χ3v) is 4.07. The molecule has 1 aliphatic heterocycles. The number of aromatic nitrogens is 4. The Morgan fingerprint density at radius 3 is 3.00 bits per heavy atom. The maximum Gasteiger partial charge on any atom is 0.287 e. The zero-order valence-corrected chi connectivity index (χ0v) is 13.2. The zero-order chi connectivity index (χ0) is 16.4. The second-order valence-electron chi connectivity index (χ2n) is 5.90. The summed E-state index contributed by atoms with van der Waals surface area (Å²) < 4.78 is 1.31. The summed E-state index contributed by atoms with van der Waals surface area (Å²) in [7, 11) is 1.63. The Hall–Kier alpha value is -2.64. The predicted octanol–water partition coefficient (Wildman–Crippen LogP) is 0.0681. The van der Waals surface area contributed by atoms with Gasteiger partial charge in [0, 0.05) is 44.6 Å². The summed E-state index contributed by atoms with van der Waals surface area (Å²) in [5, 5.41) is 6.95. The van der Waals surface area contributed by atoms with E-state index in [9.17, 15) is 9.59 Å². The van der Waals surface area contributed by atoms with E-state index in [1.165, 1.54) is 4.68 Å². The summed E-state index contributed by atoms with van der Waals surface area (Å²) in [6.07, 6.45) is 4.30. The highest BCUT2D eigenvalue weighted by Gasteiger charge is 2.24. The molecule has 1 aliphatic rings. The van der Waals surface area contributed by atoms with Gasteiger partial charge in [-0.2, -0.15) is 5.10 Å². The van der Waals surface area contributed by atoms with Crippen LogP contribution in [0.1, 0.15) is 22.7 Å². The molecule has 0 bridgehead atoms. The van der Waals surface area contributed by atoms with Crippen LogP contribution in [0.3, 0.4) is 0 Å². The summed E-state index contributed by atoms with van der Waals surface area (Å²) in [5.41, 5.74) is 1.58. The van der Waals surface area contributed by atoms with Crippen LogP contribution < -0.4 is 15.8 Å². The molecule has 1 atom stereocenters. The molecular weight excluding hydrogens is 296 g/mol. The number of nitrogens with zero attached hydrogens (tertiary/aromatic N) is 4. The molecule has 3 heterocycles. The van der Waals surface area contributed by atoms with E-state index in [-0.39, 0.29) is 11.5 Å². The van der Waals surface area contributed by atoms with Crippen molar-refractivity contribution in [1.82, 2.24) is 25.1 Å². The normalized spacial score (nSPS) is 17.5. The third-order valence-electron chi connectivity index (χ3n) is 4.07. The molecule has 1 amide bonds. The lowest BCUT2D eigenvalue weighted by atomic mass is 10.1. The number of aromatic amines is 1. The summed E-state index contributed by atoms with van der Waals surface area (Å²) in [5.74, 6) is 0.499. The Morgan fingerprint density at radius 2 is 2.30 bits per heavy atom. The average Bonchev–Trinajstić information content (AvgIpc) is 3.17. The SMILES string of the molecule is Cc1cnc(C(=O)NCC2CCN(c3cnn(C)c(=O)c3)C2)[nH]1. The average molecular weight is 316 g/mol. The van der Waals surface area contributed by atoms with Crippen molar-refractivity contribution in [2.75, 3.05) is 24.5 Å². The van der Waals surface area contributed by atoms with Gasteiger partial charge >= 0.3 is 0 Å². The van der Waals surface area contributed by atoms with Gasteiger partial charge in [-0.15, -0.1) is 0 Å². The molecule has 0 aromatic carbocycles. The van der Waals surface area contributed by atoms with Crippen molar-refractivity contribution >= 4 is 11.6 Å². The predicted molar refractivity (Wildman–Crippen MR) is 85.5 cm³/mol. The molecule has 2 aromatic heterocycles. The van der Waals surface area contributed by atoms with Gasteiger partial charge in [0.15, 0.2) is 5.82 Å². The molecule has 0 aliphatic carbocycles. The Kier molecular flexibility index (Phi) is 4.14. The molecule has 2 aromatic rings. The van der Waals surface area contributed by atoms with Crippen molar-refractivity contribution in [3.63, 3.8) is 0 Å². The van der Waals surface area contributed by atoms with Crippen molar-refractivity contribution in [2.24, 2.45) is 13.0 Å². The van der Waals surface area contributed by atoms with E-state index < -0.39 is 0 Å². The van der Waals surface area contributed by atoms with Crippen molar-refractivity contribution in [3.05, 3.63) is 40.3 Å². The molecule has 0 spiro atoms. The molecule has 122 valence electrons. The number of nitrogens with one attached hydrogen (secondary N) is 2. The van der Waals surface area contributed by atoms with Crippen LogP contribution in [-0.4, -0.2) is 45.3 Å². The second kappa shape index (κ2) is 6.23. The number of imidazole rings is 1. The maximum absolute atomic E-state index is 12.0. The summed E-state index contributed by atoms with van der Waals surface area (Å²) in [6.45, 7) is 4.10. The van der Waals surface area contributed by atoms with Gasteiger partial charge in [-0.1, -0.05) is 0 Å². The second-order valence-corrected chi connectivity index (χ2v) is 5.90. The van der Waals surface area contributed by atoms with E-state index >= 15 is 0 Å². The molecule has 1 saturated heterocycles. The number of carbonyl (C=O) groups is 1. The maximum atomic E-state index is 12.0. The Morgan fingerprint density at radius 1 is 1.48 bits per heavy atom. The molecule has 0 radical (unpaired) electrons. The lowest BCUT2D eigenvalue weighted by Crippen LogP contribution is -2.32. The zero-order valence-electron chi connectivity index (χ0n) is 13.2. The minimum absolute atomic E-state index is 0.118. The van der Waals surface area contributed by atoms with Crippen LogP contribution in [0, 0.1) is 12.8 Å². The fraction of sp³-hybridized carbons (Fsp3) is 0.467. The Labute approximate surface area is 133 Å². The van der Waals surface area contributed by atoms with E-state index in [2.05, 4.69) is 25.3 Å². The van der Waals surface area contributed by atoms with Crippen LogP contribution in [0.5, 0.6) is 0 Å². The van der Waals surface area contributed by atoms with Gasteiger partial charge in [-0.05, 0) is 19.3 Å². The Balaban J connectivity index is 1.54. The van der Waals surface area contributed by atoms with Crippen LogP contribution >= 0.6 is 0 Å². The highest BCUT2D eigenvalue weighted by Crippen LogP contribution is 2.21. The fourth-order valence-electron chi connectivity index (χ4n) is 2.72. The van der Waals surface area contributed by atoms with Gasteiger partial charge in [0.2, 0.25) is 0 Å². The van der Waals surface area contributed by atoms with Crippen LogP contribution in [0.25, 0.3) is 0 Å². The van der Waals surface area contributed by atoms with E-state index in [4.69, 9.17) is 0 Å². The van der Waals surface area contributed by atoms with Crippen molar-refractivity contribution in [2.45, 2.75) is 13.3 Å². The van der Waals surface area contributed by atoms with Crippen LogP contribution in [-0.2, 0) is 7.05 Å². The monoisotopic (exact) mass is 316 g/mol. The number of aryl methyl sites for hydroxylation is 2. The topological polar surface area (TPSA) is 95.9 Å². The first-order valence-corrected chi connectivity index (χ1v) is 7.61. The van der Waals surface area contributed by atoms with Gasteiger partial charge in [-0.3, -0.25) is 9.59 Å². The van der Waals surface area contributed by atoms with Gasteiger partial charge in [0.05, 0.1) is 11.9 Å². The summed E-state index contributed by atoms with van der Waals surface area (Å²) in [4.78, 5) is 32.7. The van der Waals surface area contributed by atoms with Gasteiger partial charge < -0.3 is 15.2 Å².